The van der Waals surface area contributed by atoms with Gasteiger partial charge in [-0.1, -0.05) is 42.5 Å². The predicted octanol–water partition coefficient (Wildman–Crippen LogP) is 3.94. The molecule has 0 spiro atoms. The Bertz CT molecular complexity index is 1170. The Hall–Kier alpha value is -3.51. The lowest BCUT2D eigenvalue weighted by Gasteiger charge is -2.39. The highest BCUT2D eigenvalue weighted by atomic mass is 16.5. The Balaban J connectivity index is 1.81. The number of Topliss-reactive ketones (excluding diaryl/α,β-unsaturated/α-hetero) is 1. The maximum atomic E-state index is 13.6. The molecule has 1 heterocycles. The molecule has 3 atom stereocenters. The molecule has 3 aromatic rings. The van der Waals surface area contributed by atoms with Gasteiger partial charge in [-0.2, -0.15) is 0 Å². The minimum atomic E-state index is -1.94. The number of hydrogen-bond acceptors (Lipinski definition) is 6. The van der Waals surface area contributed by atoms with Crippen LogP contribution in [-0.4, -0.2) is 32.2 Å². The molecule has 0 saturated heterocycles. The molecule has 164 valence electrons. The van der Waals surface area contributed by atoms with Crippen molar-refractivity contribution < 1.29 is 28.8 Å². The van der Waals surface area contributed by atoms with Crippen molar-refractivity contribution >= 4 is 5.78 Å². The molecule has 2 aliphatic rings. The zero-order chi connectivity index (χ0) is 22.5. The van der Waals surface area contributed by atoms with Crippen LogP contribution in [0, 0.1) is 0 Å². The SMILES string of the molecule is COc1ccc([C@]23Oc4cc(OC)cc(OC)c4[C@@]2(O)C(=O)C[C@@H]3c2ccccc2)cc1. The van der Waals surface area contributed by atoms with Gasteiger partial charge in [-0.3, -0.25) is 4.79 Å². The van der Waals surface area contributed by atoms with E-state index in [1.54, 1.807) is 38.5 Å². The lowest BCUT2D eigenvalue weighted by molar-refractivity contribution is -0.151. The molecule has 6 nitrogen and oxygen atoms in total. The van der Waals surface area contributed by atoms with Gasteiger partial charge in [0.05, 0.1) is 26.9 Å². The van der Waals surface area contributed by atoms with Crippen LogP contribution >= 0.6 is 0 Å². The van der Waals surface area contributed by atoms with Crippen molar-refractivity contribution in [3.8, 4) is 23.0 Å². The smallest absolute Gasteiger partial charge is 0.200 e. The summed E-state index contributed by atoms with van der Waals surface area (Å²) in [7, 11) is 4.64. The van der Waals surface area contributed by atoms with Gasteiger partial charge in [0.25, 0.3) is 0 Å². The quantitative estimate of drug-likeness (QED) is 0.658. The Kier molecular flexibility index (Phi) is 4.64. The molecule has 6 heteroatoms. The van der Waals surface area contributed by atoms with Gasteiger partial charge in [-0.25, -0.2) is 0 Å². The summed E-state index contributed by atoms with van der Waals surface area (Å²) >= 11 is 0. The fraction of sp³-hybridized carbons (Fsp3) is 0.269. The van der Waals surface area contributed by atoms with Gasteiger partial charge in [0.2, 0.25) is 0 Å². The van der Waals surface area contributed by atoms with Crippen LogP contribution in [0.2, 0.25) is 0 Å². The molecule has 3 aromatic carbocycles. The Morgan fingerprint density at radius 2 is 1.59 bits per heavy atom. The van der Waals surface area contributed by atoms with E-state index in [9.17, 15) is 9.90 Å². The summed E-state index contributed by atoms with van der Waals surface area (Å²) in [5.74, 6) is 1.16. The van der Waals surface area contributed by atoms with Crippen molar-refractivity contribution in [1.82, 2.24) is 0 Å². The zero-order valence-electron chi connectivity index (χ0n) is 18.1. The number of benzene rings is 3. The summed E-state index contributed by atoms with van der Waals surface area (Å²) in [5, 5.41) is 12.3. The Morgan fingerprint density at radius 3 is 2.22 bits per heavy atom. The van der Waals surface area contributed by atoms with Gasteiger partial charge in [0, 0.05) is 30.0 Å². The molecule has 5 rings (SSSR count). The Morgan fingerprint density at radius 1 is 0.906 bits per heavy atom. The number of ether oxygens (including phenoxy) is 4. The van der Waals surface area contributed by atoms with E-state index in [2.05, 4.69) is 0 Å². The summed E-state index contributed by atoms with van der Waals surface area (Å²) in [6.07, 6.45) is 0.126. The minimum Gasteiger partial charge on any atom is -0.497 e. The van der Waals surface area contributed by atoms with Gasteiger partial charge >= 0.3 is 0 Å². The summed E-state index contributed by atoms with van der Waals surface area (Å²) in [4.78, 5) is 13.6. The van der Waals surface area contributed by atoms with Crippen LogP contribution < -0.4 is 18.9 Å². The monoisotopic (exact) mass is 432 g/mol. The van der Waals surface area contributed by atoms with Gasteiger partial charge in [0.15, 0.2) is 17.0 Å². The summed E-state index contributed by atoms with van der Waals surface area (Å²) in [6.45, 7) is 0. The molecule has 0 radical (unpaired) electrons. The fourth-order valence-electron chi connectivity index (χ4n) is 5.21. The summed E-state index contributed by atoms with van der Waals surface area (Å²) < 4.78 is 22.9. The Labute approximate surface area is 186 Å². The third-order valence-electron chi connectivity index (χ3n) is 6.67. The number of rotatable bonds is 5. The maximum Gasteiger partial charge on any atom is 0.200 e. The molecule has 0 amide bonds. The van der Waals surface area contributed by atoms with Crippen LogP contribution in [-0.2, 0) is 16.0 Å². The number of carbonyl (C=O) groups is 1. The molecule has 1 N–H and O–H groups in total. The first kappa shape index (κ1) is 20.4. The number of aliphatic hydroxyl groups is 1. The lowest BCUT2D eigenvalue weighted by Crippen LogP contribution is -2.50. The van der Waals surface area contributed by atoms with Crippen LogP contribution in [0.3, 0.4) is 0 Å². The molecular weight excluding hydrogens is 408 g/mol. The second-order valence-electron chi connectivity index (χ2n) is 8.07. The topological polar surface area (TPSA) is 74.2 Å². The first-order valence-electron chi connectivity index (χ1n) is 10.4. The van der Waals surface area contributed by atoms with E-state index >= 15 is 0 Å². The summed E-state index contributed by atoms with van der Waals surface area (Å²) in [6, 6.07) is 20.3. The average molecular weight is 432 g/mol. The van der Waals surface area contributed by atoms with Gasteiger partial charge in [-0.05, 0) is 17.7 Å². The first-order chi connectivity index (χ1) is 15.5. The van der Waals surface area contributed by atoms with E-state index in [0.717, 1.165) is 5.56 Å². The zero-order valence-corrected chi connectivity index (χ0v) is 18.1. The van der Waals surface area contributed by atoms with Crippen molar-refractivity contribution in [2.45, 2.75) is 23.5 Å². The van der Waals surface area contributed by atoms with Crippen LogP contribution in [0.4, 0.5) is 0 Å². The maximum absolute atomic E-state index is 13.6. The molecular formula is C26H24O6. The highest BCUT2D eigenvalue weighted by Crippen LogP contribution is 2.67. The van der Waals surface area contributed by atoms with E-state index in [1.807, 2.05) is 42.5 Å². The molecule has 1 aliphatic carbocycles. The molecule has 32 heavy (non-hydrogen) atoms. The third kappa shape index (κ3) is 2.53. The second-order valence-corrected chi connectivity index (χ2v) is 8.07. The van der Waals surface area contributed by atoms with E-state index in [0.29, 0.717) is 34.1 Å². The average Bonchev–Trinajstić information content (AvgIpc) is 3.24. The fourth-order valence-corrected chi connectivity index (χ4v) is 5.21. The standard InChI is InChI=1S/C26H24O6/c1-29-18-11-9-17(10-12-18)26-20(16-7-5-4-6-8-16)15-23(27)25(26,28)24-21(31-3)13-19(30-2)14-22(24)32-26/h4-14,20,28H,15H2,1-3H3/t20-,25+,26-/m1/s1. The molecule has 1 saturated carbocycles. The molecule has 1 aliphatic heterocycles. The number of carbonyl (C=O) groups excluding carboxylic acids is 1. The highest BCUT2D eigenvalue weighted by molar-refractivity contribution is 5.97. The molecule has 0 aromatic heterocycles. The normalized spacial score (nSPS) is 25.6. The van der Waals surface area contributed by atoms with Crippen molar-refractivity contribution in [3.63, 3.8) is 0 Å². The van der Waals surface area contributed by atoms with Crippen molar-refractivity contribution in [2.24, 2.45) is 0 Å². The predicted molar refractivity (Wildman–Crippen MR) is 118 cm³/mol. The van der Waals surface area contributed by atoms with Crippen LogP contribution in [0.5, 0.6) is 23.0 Å². The number of hydrogen-bond donors (Lipinski definition) is 1. The van der Waals surface area contributed by atoms with Crippen molar-refractivity contribution in [1.29, 1.82) is 0 Å². The van der Waals surface area contributed by atoms with Crippen molar-refractivity contribution in [3.05, 3.63) is 83.4 Å². The van der Waals surface area contributed by atoms with E-state index in [4.69, 9.17) is 18.9 Å². The van der Waals surface area contributed by atoms with Crippen LogP contribution in [0.25, 0.3) is 0 Å². The van der Waals surface area contributed by atoms with Crippen LogP contribution in [0.1, 0.15) is 29.0 Å². The van der Waals surface area contributed by atoms with Crippen LogP contribution in [0.15, 0.2) is 66.7 Å². The number of methoxy groups -OCH3 is 3. The molecule has 0 unspecified atom stereocenters. The second kappa shape index (κ2) is 7.28. The highest BCUT2D eigenvalue weighted by Gasteiger charge is 2.74. The van der Waals surface area contributed by atoms with E-state index in [1.165, 1.54) is 7.11 Å². The third-order valence-corrected chi connectivity index (χ3v) is 6.67. The summed E-state index contributed by atoms with van der Waals surface area (Å²) in [5.41, 5.74) is -1.39. The largest absolute Gasteiger partial charge is 0.497 e. The molecule has 0 bridgehead atoms. The first-order valence-corrected chi connectivity index (χ1v) is 10.4. The minimum absolute atomic E-state index is 0.126. The number of ketones is 1. The van der Waals surface area contributed by atoms with Gasteiger partial charge < -0.3 is 24.1 Å². The number of fused-ring (bicyclic) bond motifs is 3. The van der Waals surface area contributed by atoms with E-state index in [-0.39, 0.29) is 12.2 Å². The van der Waals surface area contributed by atoms with Crippen molar-refractivity contribution in [2.75, 3.05) is 21.3 Å². The lowest BCUT2D eigenvalue weighted by atomic mass is 9.71. The molecule has 1 fully saturated rings. The van der Waals surface area contributed by atoms with Gasteiger partial charge in [0.1, 0.15) is 23.0 Å². The van der Waals surface area contributed by atoms with E-state index < -0.39 is 17.1 Å². The van der Waals surface area contributed by atoms with Gasteiger partial charge in [-0.15, -0.1) is 0 Å².